The SMILES string of the molecule is CCOC(=O)c1ccc2nc(CCl)n(C[C@@H]3CCO3)c2c1C. The van der Waals surface area contributed by atoms with Crippen LogP contribution in [0.15, 0.2) is 12.1 Å². The van der Waals surface area contributed by atoms with Gasteiger partial charge in [-0.15, -0.1) is 11.6 Å². The summed E-state index contributed by atoms with van der Waals surface area (Å²) in [5.41, 5.74) is 3.24. The van der Waals surface area contributed by atoms with Crippen molar-refractivity contribution in [1.82, 2.24) is 9.55 Å². The Hall–Kier alpha value is -1.59. The fourth-order valence-electron chi connectivity index (χ4n) is 2.81. The number of fused-ring (bicyclic) bond motifs is 1. The molecular formula is C16H19ClN2O3. The Balaban J connectivity index is 2.09. The average molecular weight is 323 g/mol. The van der Waals surface area contributed by atoms with Gasteiger partial charge in [-0.25, -0.2) is 9.78 Å². The van der Waals surface area contributed by atoms with E-state index >= 15 is 0 Å². The summed E-state index contributed by atoms with van der Waals surface area (Å²) in [6.45, 7) is 5.60. The number of carbonyl (C=O) groups is 1. The molecule has 0 bridgehead atoms. The van der Waals surface area contributed by atoms with Crippen LogP contribution in [0.4, 0.5) is 0 Å². The van der Waals surface area contributed by atoms with Gasteiger partial charge in [0, 0.05) is 6.61 Å². The van der Waals surface area contributed by atoms with Gasteiger partial charge in [-0.1, -0.05) is 0 Å². The molecule has 0 radical (unpaired) electrons. The Labute approximate surface area is 134 Å². The third kappa shape index (κ3) is 2.59. The number of hydrogen-bond acceptors (Lipinski definition) is 4. The third-order valence-electron chi connectivity index (χ3n) is 4.04. The number of hydrogen-bond donors (Lipinski definition) is 0. The molecule has 1 fully saturated rings. The second-order valence-electron chi connectivity index (χ2n) is 5.38. The first kappa shape index (κ1) is 15.3. The summed E-state index contributed by atoms with van der Waals surface area (Å²) in [6, 6.07) is 3.62. The maximum atomic E-state index is 12.1. The minimum absolute atomic E-state index is 0.199. The van der Waals surface area contributed by atoms with Gasteiger partial charge >= 0.3 is 5.97 Å². The van der Waals surface area contributed by atoms with E-state index in [-0.39, 0.29) is 12.1 Å². The van der Waals surface area contributed by atoms with Gasteiger partial charge in [-0.3, -0.25) is 0 Å². The number of nitrogens with zero attached hydrogens (tertiary/aromatic N) is 2. The van der Waals surface area contributed by atoms with Gasteiger partial charge < -0.3 is 14.0 Å². The van der Waals surface area contributed by atoms with E-state index in [2.05, 4.69) is 9.55 Å². The van der Waals surface area contributed by atoms with Crippen LogP contribution >= 0.6 is 11.6 Å². The molecule has 2 heterocycles. The zero-order chi connectivity index (χ0) is 15.7. The summed E-state index contributed by atoms with van der Waals surface area (Å²) < 4.78 is 12.7. The summed E-state index contributed by atoms with van der Waals surface area (Å²) in [6.07, 6.45) is 1.24. The van der Waals surface area contributed by atoms with Crippen LogP contribution in [-0.2, 0) is 21.9 Å². The second-order valence-corrected chi connectivity index (χ2v) is 5.65. The fraction of sp³-hybridized carbons (Fsp3) is 0.500. The summed E-state index contributed by atoms with van der Waals surface area (Å²) in [7, 11) is 0. The monoisotopic (exact) mass is 322 g/mol. The number of ether oxygens (including phenoxy) is 2. The van der Waals surface area contributed by atoms with Crippen LogP contribution < -0.4 is 0 Å². The van der Waals surface area contributed by atoms with Crippen molar-refractivity contribution in [3.8, 4) is 0 Å². The number of esters is 1. The fourth-order valence-corrected chi connectivity index (χ4v) is 3.01. The lowest BCUT2D eigenvalue weighted by atomic mass is 10.1. The van der Waals surface area contributed by atoms with Crippen molar-refractivity contribution in [2.75, 3.05) is 13.2 Å². The van der Waals surface area contributed by atoms with Gasteiger partial charge in [0.05, 0.1) is 41.7 Å². The summed E-state index contributed by atoms with van der Waals surface area (Å²) >= 11 is 6.04. The molecule has 3 rings (SSSR count). The average Bonchev–Trinajstić information content (AvgIpc) is 2.82. The van der Waals surface area contributed by atoms with E-state index in [1.807, 2.05) is 13.0 Å². The Morgan fingerprint density at radius 2 is 2.32 bits per heavy atom. The molecular weight excluding hydrogens is 304 g/mol. The number of aryl methyl sites for hydroxylation is 1. The van der Waals surface area contributed by atoms with E-state index in [1.165, 1.54) is 0 Å². The summed E-state index contributed by atoms with van der Waals surface area (Å²) in [4.78, 5) is 16.7. The van der Waals surface area contributed by atoms with E-state index in [0.29, 0.717) is 24.6 Å². The zero-order valence-electron chi connectivity index (χ0n) is 12.8. The standard InChI is InChI=1S/C16H19ClN2O3/c1-3-21-16(20)12-4-5-13-15(10(12)2)19(14(8-17)18-13)9-11-6-7-22-11/h4-5,11H,3,6-9H2,1-2H3/t11-/m0/s1. The number of imidazole rings is 1. The molecule has 2 aromatic rings. The molecule has 22 heavy (non-hydrogen) atoms. The first-order valence-electron chi connectivity index (χ1n) is 7.49. The Kier molecular flexibility index (Phi) is 4.36. The van der Waals surface area contributed by atoms with Crippen LogP contribution in [0.25, 0.3) is 11.0 Å². The van der Waals surface area contributed by atoms with Crippen LogP contribution in [0.3, 0.4) is 0 Å². The highest BCUT2D eigenvalue weighted by Crippen LogP contribution is 2.27. The molecule has 6 heteroatoms. The highest BCUT2D eigenvalue weighted by Gasteiger charge is 2.23. The van der Waals surface area contributed by atoms with Gasteiger partial charge in [-0.2, -0.15) is 0 Å². The minimum Gasteiger partial charge on any atom is -0.462 e. The van der Waals surface area contributed by atoms with Crippen LogP contribution in [0.2, 0.25) is 0 Å². The molecule has 1 aromatic heterocycles. The van der Waals surface area contributed by atoms with E-state index in [1.54, 1.807) is 13.0 Å². The van der Waals surface area contributed by atoms with Crippen LogP contribution in [0.5, 0.6) is 0 Å². The Bertz CT molecular complexity index is 707. The van der Waals surface area contributed by atoms with E-state index < -0.39 is 0 Å². The second kappa shape index (κ2) is 6.26. The molecule has 1 saturated heterocycles. The predicted octanol–water partition coefficient (Wildman–Crippen LogP) is 3.05. The maximum Gasteiger partial charge on any atom is 0.338 e. The first-order chi connectivity index (χ1) is 10.7. The lowest BCUT2D eigenvalue weighted by Crippen LogP contribution is -2.31. The number of aromatic nitrogens is 2. The third-order valence-corrected chi connectivity index (χ3v) is 4.27. The van der Waals surface area contributed by atoms with Crippen LogP contribution in [0.1, 0.15) is 35.1 Å². The summed E-state index contributed by atoms with van der Waals surface area (Å²) in [5.74, 6) is 0.827. The molecule has 118 valence electrons. The zero-order valence-corrected chi connectivity index (χ0v) is 13.5. The van der Waals surface area contributed by atoms with Crippen molar-refractivity contribution < 1.29 is 14.3 Å². The highest BCUT2D eigenvalue weighted by molar-refractivity contribution is 6.17. The van der Waals surface area contributed by atoms with Gasteiger partial charge in [0.1, 0.15) is 5.82 Å². The molecule has 0 unspecified atom stereocenters. The van der Waals surface area contributed by atoms with Crippen molar-refractivity contribution in [3.63, 3.8) is 0 Å². The normalized spacial score (nSPS) is 17.5. The lowest BCUT2D eigenvalue weighted by Gasteiger charge is -2.27. The van der Waals surface area contributed by atoms with E-state index in [9.17, 15) is 4.79 Å². The number of rotatable bonds is 5. The quantitative estimate of drug-likeness (QED) is 0.627. The van der Waals surface area contributed by atoms with Crippen LogP contribution in [-0.4, -0.2) is 34.8 Å². The molecule has 0 aliphatic carbocycles. The number of benzene rings is 1. The maximum absolute atomic E-state index is 12.1. The molecule has 1 aliphatic heterocycles. The Morgan fingerprint density at radius 1 is 1.55 bits per heavy atom. The van der Waals surface area contributed by atoms with Gasteiger partial charge in [0.2, 0.25) is 0 Å². The molecule has 5 nitrogen and oxygen atoms in total. The summed E-state index contributed by atoms with van der Waals surface area (Å²) in [5, 5.41) is 0. The van der Waals surface area contributed by atoms with E-state index in [0.717, 1.165) is 35.4 Å². The van der Waals surface area contributed by atoms with Crippen molar-refractivity contribution in [1.29, 1.82) is 0 Å². The van der Waals surface area contributed by atoms with Gasteiger partial charge in [0.25, 0.3) is 0 Å². The molecule has 1 aliphatic rings. The molecule has 1 aromatic carbocycles. The lowest BCUT2D eigenvalue weighted by molar-refractivity contribution is -0.0589. The van der Waals surface area contributed by atoms with Gasteiger partial charge in [0.15, 0.2) is 0 Å². The predicted molar refractivity (Wildman–Crippen MR) is 84.3 cm³/mol. The van der Waals surface area contributed by atoms with E-state index in [4.69, 9.17) is 21.1 Å². The molecule has 0 saturated carbocycles. The van der Waals surface area contributed by atoms with Crippen molar-refractivity contribution in [2.24, 2.45) is 0 Å². The van der Waals surface area contributed by atoms with Crippen molar-refractivity contribution in [3.05, 3.63) is 29.1 Å². The minimum atomic E-state index is -0.304. The van der Waals surface area contributed by atoms with Gasteiger partial charge in [-0.05, 0) is 38.0 Å². The smallest absolute Gasteiger partial charge is 0.338 e. The van der Waals surface area contributed by atoms with Crippen LogP contribution in [0, 0.1) is 6.92 Å². The molecule has 0 amide bonds. The number of halogens is 1. The Morgan fingerprint density at radius 3 is 2.91 bits per heavy atom. The topological polar surface area (TPSA) is 53.3 Å². The molecule has 0 N–H and O–H groups in total. The number of carbonyl (C=O) groups excluding carboxylic acids is 1. The van der Waals surface area contributed by atoms with Crippen molar-refractivity contribution in [2.45, 2.75) is 38.8 Å². The molecule has 1 atom stereocenters. The van der Waals surface area contributed by atoms with Crippen molar-refractivity contribution >= 4 is 28.6 Å². The highest BCUT2D eigenvalue weighted by atomic mass is 35.5. The largest absolute Gasteiger partial charge is 0.462 e. The molecule has 0 spiro atoms. The first-order valence-corrected chi connectivity index (χ1v) is 8.02. The number of alkyl halides is 1.